The monoisotopic (exact) mass is 516 g/mol. The molecule has 1 saturated heterocycles. The van der Waals surface area contributed by atoms with Crippen molar-refractivity contribution < 1.29 is 9.59 Å². The quantitative estimate of drug-likeness (QED) is 0.558. The van der Waals surface area contributed by atoms with E-state index < -0.39 is 0 Å². The van der Waals surface area contributed by atoms with E-state index in [0.29, 0.717) is 32.3 Å². The van der Waals surface area contributed by atoms with E-state index in [4.69, 9.17) is 0 Å². The third-order valence-corrected chi connectivity index (χ3v) is 7.57. The molecule has 0 radical (unpaired) electrons. The number of hydrogen-bond acceptors (Lipinski definition) is 5. The Bertz CT molecular complexity index is 1270. The third kappa shape index (κ3) is 4.49. The molecular formula is C23H25BrN4O3S. The molecule has 0 bridgehead atoms. The molecule has 3 heterocycles. The summed E-state index contributed by atoms with van der Waals surface area (Å²) in [6.45, 7) is 7.22. The van der Waals surface area contributed by atoms with Gasteiger partial charge in [0, 0.05) is 23.2 Å². The zero-order valence-electron chi connectivity index (χ0n) is 18.3. The lowest BCUT2D eigenvalue weighted by Gasteiger charge is -2.31. The van der Waals surface area contributed by atoms with E-state index in [1.807, 2.05) is 30.0 Å². The molecule has 0 aliphatic carbocycles. The molecule has 0 spiro atoms. The van der Waals surface area contributed by atoms with Crippen molar-refractivity contribution in [1.82, 2.24) is 14.5 Å². The first-order chi connectivity index (χ1) is 15.2. The fraction of sp³-hybridized carbons (Fsp3) is 0.391. The minimum absolute atomic E-state index is 0.0383. The van der Waals surface area contributed by atoms with Crippen LogP contribution in [0, 0.1) is 19.8 Å². The summed E-state index contributed by atoms with van der Waals surface area (Å²) in [7, 11) is 0. The number of aryl methyl sites for hydroxylation is 2. The van der Waals surface area contributed by atoms with Crippen molar-refractivity contribution >= 4 is 55.0 Å². The minimum atomic E-state index is -0.291. The van der Waals surface area contributed by atoms with Crippen LogP contribution in [0.25, 0.3) is 10.2 Å². The number of thiophene rings is 1. The number of carbonyl (C=O) groups excluding carboxylic acids is 2. The number of halogens is 1. The van der Waals surface area contributed by atoms with Gasteiger partial charge in [0.2, 0.25) is 5.91 Å². The summed E-state index contributed by atoms with van der Waals surface area (Å²) in [5.74, 6) is 0.121. The minimum Gasteiger partial charge on any atom is -0.341 e. The number of likely N-dealkylation sites (tertiary alicyclic amines) is 1. The standard InChI is InChI=1S/C23H25BrN4O3S/c1-13-5-4-8-27(10-13)18(29)11-28-12-25-22-19(23(28)31)15(3)20(32-22)21(30)26-17-7-6-16(24)9-14(17)2/h6-7,9,12-13H,4-5,8,10-11H2,1-3H3,(H,26,30). The number of aromatic nitrogens is 2. The number of nitrogens with one attached hydrogen (secondary N) is 1. The number of nitrogens with zero attached hydrogens (tertiary/aromatic N) is 3. The van der Waals surface area contributed by atoms with Crippen LogP contribution >= 0.6 is 27.3 Å². The highest BCUT2D eigenvalue weighted by Gasteiger charge is 2.23. The second kappa shape index (κ2) is 9.15. The predicted molar refractivity (Wildman–Crippen MR) is 130 cm³/mol. The van der Waals surface area contributed by atoms with E-state index in [0.717, 1.165) is 36.0 Å². The van der Waals surface area contributed by atoms with Gasteiger partial charge in [-0.15, -0.1) is 11.3 Å². The van der Waals surface area contributed by atoms with E-state index in [9.17, 15) is 14.4 Å². The number of carbonyl (C=O) groups is 2. The van der Waals surface area contributed by atoms with Gasteiger partial charge < -0.3 is 10.2 Å². The van der Waals surface area contributed by atoms with Crippen LogP contribution in [0.2, 0.25) is 0 Å². The van der Waals surface area contributed by atoms with Gasteiger partial charge >= 0.3 is 0 Å². The molecule has 1 fully saturated rings. The van der Waals surface area contributed by atoms with Crippen molar-refractivity contribution in [1.29, 1.82) is 0 Å². The van der Waals surface area contributed by atoms with Gasteiger partial charge in [-0.3, -0.25) is 19.0 Å². The van der Waals surface area contributed by atoms with Crippen molar-refractivity contribution in [3.63, 3.8) is 0 Å². The Hall–Kier alpha value is -2.52. The first-order valence-corrected chi connectivity index (χ1v) is 12.2. The number of rotatable bonds is 4. The average Bonchev–Trinajstić information content (AvgIpc) is 3.09. The van der Waals surface area contributed by atoms with Gasteiger partial charge in [-0.25, -0.2) is 4.98 Å². The zero-order chi connectivity index (χ0) is 23.0. The molecule has 1 N–H and O–H groups in total. The van der Waals surface area contributed by atoms with Gasteiger partial charge in [0.05, 0.1) is 16.6 Å². The van der Waals surface area contributed by atoms with Gasteiger partial charge in [0.15, 0.2) is 0 Å². The lowest BCUT2D eigenvalue weighted by Crippen LogP contribution is -2.42. The van der Waals surface area contributed by atoms with Crippen LogP contribution in [-0.2, 0) is 11.3 Å². The van der Waals surface area contributed by atoms with E-state index in [-0.39, 0.29) is 23.9 Å². The maximum Gasteiger partial charge on any atom is 0.266 e. The number of hydrogen-bond donors (Lipinski definition) is 1. The molecule has 2 amide bonds. The van der Waals surface area contributed by atoms with Crippen LogP contribution in [0.15, 0.2) is 33.8 Å². The smallest absolute Gasteiger partial charge is 0.266 e. The summed E-state index contributed by atoms with van der Waals surface area (Å²) >= 11 is 4.61. The summed E-state index contributed by atoms with van der Waals surface area (Å²) in [4.78, 5) is 46.0. The molecule has 1 atom stereocenters. The van der Waals surface area contributed by atoms with E-state index in [1.165, 1.54) is 22.2 Å². The maximum atomic E-state index is 13.1. The first-order valence-electron chi connectivity index (χ1n) is 10.6. The molecule has 2 aromatic heterocycles. The van der Waals surface area contributed by atoms with Gasteiger partial charge in [0.25, 0.3) is 11.5 Å². The number of piperidine rings is 1. The molecule has 0 saturated carbocycles. The highest BCUT2D eigenvalue weighted by atomic mass is 79.9. The summed E-state index contributed by atoms with van der Waals surface area (Å²) in [5.41, 5.74) is 1.93. The van der Waals surface area contributed by atoms with E-state index in [1.54, 1.807) is 6.92 Å². The molecule has 3 aromatic rings. The summed E-state index contributed by atoms with van der Waals surface area (Å²) < 4.78 is 2.29. The van der Waals surface area contributed by atoms with Crippen molar-refractivity contribution in [3.8, 4) is 0 Å². The molecule has 168 valence electrons. The van der Waals surface area contributed by atoms with Crippen molar-refractivity contribution in [2.45, 2.75) is 40.2 Å². The topological polar surface area (TPSA) is 84.3 Å². The Morgan fingerprint density at radius 2 is 2.09 bits per heavy atom. The number of benzene rings is 1. The lowest BCUT2D eigenvalue weighted by molar-refractivity contribution is -0.133. The van der Waals surface area contributed by atoms with Crippen molar-refractivity contribution in [3.05, 3.63) is 55.4 Å². The molecule has 1 aromatic carbocycles. The summed E-state index contributed by atoms with van der Waals surface area (Å²) in [6, 6.07) is 5.62. The van der Waals surface area contributed by atoms with Crippen molar-refractivity contribution in [2.24, 2.45) is 5.92 Å². The molecule has 1 aliphatic heterocycles. The van der Waals surface area contributed by atoms with Gasteiger partial charge in [0.1, 0.15) is 11.4 Å². The third-order valence-electron chi connectivity index (χ3n) is 5.88. The normalized spacial score (nSPS) is 16.4. The second-order valence-corrected chi connectivity index (χ2v) is 10.3. The Morgan fingerprint density at radius 1 is 1.31 bits per heavy atom. The molecule has 9 heteroatoms. The molecule has 7 nitrogen and oxygen atoms in total. The van der Waals surface area contributed by atoms with Crippen molar-refractivity contribution in [2.75, 3.05) is 18.4 Å². The van der Waals surface area contributed by atoms with Crippen LogP contribution < -0.4 is 10.9 Å². The fourth-order valence-electron chi connectivity index (χ4n) is 4.10. The molecule has 32 heavy (non-hydrogen) atoms. The van der Waals surface area contributed by atoms with E-state index in [2.05, 4.69) is 33.2 Å². The Morgan fingerprint density at radius 3 is 2.81 bits per heavy atom. The maximum absolute atomic E-state index is 13.1. The lowest BCUT2D eigenvalue weighted by atomic mass is 10.0. The van der Waals surface area contributed by atoms with Crippen LogP contribution in [0.3, 0.4) is 0 Å². The first kappa shape index (κ1) is 22.7. The predicted octanol–water partition coefficient (Wildman–Crippen LogP) is 4.35. The highest BCUT2D eigenvalue weighted by molar-refractivity contribution is 9.10. The van der Waals surface area contributed by atoms with Gasteiger partial charge in [-0.1, -0.05) is 22.9 Å². The highest BCUT2D eigenvalue weighted by Crippen LogP contribution is 2.28. The van der Waals surface area contributed by atoms with Gasteiger partial charge in [-0.05, 0) is 61.9 Å². The fourth-order valence-corrected chi connectivity index (χ4v) is 5.61. The molecule has 1 unspecified atom stereocenters. The number of anilines is 1. The summed E-state index contributed by atoms with van der Waals surface area (Å²) in [5, 5.41) is 3.32. The SMILES string of the molecule is Cc1cc(Br)ccc1NC(=O)c1sc2ncn(CC(=O)N3CCCC(C)C3)c(=O)c2c1C. The molecular weight excluding hydrogens is 492 g/mol. The zero-order valence-corrected chi connectivity index (χ0v) is 20.7. The number of fused-ring (bicyclic) bond motifs is 1. The van der Waals surface area contributed by atoms with Crippen LogP contribution in [0.1, 0.15) is 40.6 Å². The van der Waals surface area contributed by atoms with Crippen LogP contribution in [0.4, 0.5) is 5.69 Å². The molecule has 4 rings (SSSR count). The van der Waals surface area contributed by atoms with E-state index >= 15 is 0 Å². The summed E-state index contributed by atoms with van der Waals surface area (Å²) in [6.07, 6.45) is 3.52. The molecule has 1 aliphatic rings. The average molecular weight is 517 g/mol. The Labute approximate surface area is 198 Å². The van der Waals surface area contributed by atoms with Gasteiger partial charge in [-0.2, -0.15) is 0 Å². The Kier molecular flexibility index (Phi) is 6.48. The second-order valence-electron chi connectivity index (χ2n) is 8.41. The largest absolute Gasteiger partial charge is 0.341 e. The van der Waals surface area contributed by atoms with Crippen LogP contribution in [0.5, 0.6) is 0 Å². The Balaban J connectivity index is 1.60. The van der Waals surface area contributed by atoms with Crippen LogP contribution in [-0.4, -0.2) is 39.4 Å². The number of amides is 2.